The molecule has 0 saturated carbocycles. The second-order valence-corrected chi connectivity index (χ2v) is 6.52. The fourth-order valence-electron chi connectivity index (χ4n) is 3.17. The highest BCUT2D eigenvalue weighted by Crippen LogP contribution is 2.20. The number of ether oxygens (including phenoxy) is 2. The number of rotatable bonds is 5. The quantitative estimate of drug-likeness (QED) is 0.677. The van der Waals surface area contributed by atoms with Crippen molar-refractivity contribution in [2.45, 2.75) is 18.9 Å². The molecule has 0 aliphatic carbocycles. The summed E-state index contributed by atoms with van der Waals surface area (Å²) in [5.74, 6) is 1.89. The van der Waals surface area contributed by atoms with Gasteiger partial charge in [0, 0.05) is 50.0 Å². The average Bonchev–Trinajstić information content (AvgIpc) is 3.29. The Morgan fingerprint density at radius 1 is 1.07 bits per heavy atom. The number of aromatic nitrogens is 4. The van der Waals surface area contributed by atoms with Crippen LogP contribution in [0.5, 0.6) is 11.6 Å². The molecule has 0 radical (unpaired) electrons. The molecule has 8 nitrogen and oxygen atoms in total. The molecule has 1 amide bonds. The summed E-state index contributed by atoms with van der Waals surface area (Å²) in [6.45, 7) is 1.29. The van der Waals surface area contributed by atoms with Crippen LogP contribution in [0.25, 0.3) is 5.82 Å². The van der Waals surface area contributed by atoms with Crippen molar-refractivity contribution >= 4 is 5.91 Å². The number of likely N-dealkylation sites (tertiary alicyclic amines) is 1. The van der Waals surface area contributed by atoms with Crippen LogP contribution >= 0.6 is 0 Å². The van der Waals surface area contributed by atoms with Crippen LogP contribution in [0.15, 0.2) is 54.9 Å². The molecule has 3 aromatic rings. The molecule has 144 valence electrons. The maximum Gasteiger partial charge on any atom is 0.253 e. The van der Waals surface area contributed by atoms with Gasteiger partial charge in [-0.3, -0.25) is 4.79 Å². The van der Waals surface area contributed by atoms with Gasteiger partial charge in [-0.2, -0.15) is 5.10 Å². The van der Waals surface area contributed by atoms with E-state index in [1.54, 1.807) is 54.5 Å². The lowest BCUT2D eigenvalue weighted by molar-refractivity contribution is 0.0586. The lowest BCUT2D eigenvalue weighted by Crippen LogP contribution is -2.41. The van der Waals surface area contributed by atoms with Gasteiger partial charge in [-0.15, -0.1) is 10.2 Å². The lowest BCUT2D eigenvalue weighted by atomic mass is 10.1. The van der Waals surface area contributed by atoms with Crippen molar-refractivity contribution in [1.82, 2.24) is 24.9 Å². The molecule has 1 saturated heterocycles. The zero-order valence-electron chi connectivity index (χ0n) is 15.6. The third kappa shape index (κ3) is 3.95. The van der Waals surface area contributed by atoms with Crippen molar-refractivity contribution in [3.05, 3.63) is 60.4 Å². The SMILES string of the molecule is COc1ccc(C(=O)N2CCC(Oc3ccc(-n4cccn4)nn3)CC2)cc1. The second kappa shape index (κ2) is 8.08. The monoisotopic (exact) mass is 379 g/mol. The zero-order chi connectivity index (χ0) is 19.3. The van der Waals surface area contributed by atoms with E-state index < -0.39 is 0 Å². The maximum absolute atomic E-state index is 12.6. The van der Waals surface area contributed by atoms with Crippen LogP contribution in [0.4, 0.5) is 0 Å². The number of benzene rings is 1. The Labute approximate surface area is 162 Å². The van der Waals surface area contributed by atoms with Crippen LogP contribution in [0.1, 0.15) is 23.2 Å². The molecule has 0 spiro atoms. The zero-order valence-corrected chi connectivity index (χ0v) is 15.6. The van der Waals surface area contributed by atoms with E-state index in [0.717, 1.165) is 18.6 Å². The summed E-state index contributed by atoms with van der Waals surface area (Å²) in [4.78, 5) is 14.5. The van der Waals surface area contributed by atoms with Crippen LogP contribution in [0.3, 0.4) is 0 Å². The van der Waals surface area contributed by atoms with E-state index >= 15 is 0 Å². The van der Waals surface area contributed by atoms with Gasteiger partial charge < -0.3 is 14.4 Å². The number of hydrogen-bond donors (Lipinski definition) is 0. The van der Waals surface area contributed by atoms with Crippen LogP contribution < -0.4 is 9.47 Å². The second-order valence-electron chi connectivity index (χ2n) is 6.52. The van der Waals surface area contributed by atoms with Gasteiger partial charge in [-0.1, -0.05) is 0 Å². The maximum atomic E-state index is 12.6. The summed E-state index contributed by atoms with van der Waals surface area (Å²) in [5.41, 5.74) is 0.667. The highest BCUT2D eigenvalue weighted by molar-refractivity contribution is 5.94. The van der Waals surface area contributed by atoms with E-state index in [9.17, 15) is 4.79 Å². The van der Waals surface area contributed by atoms with Gasteiger partial charge in [0.15, 0.2) is 5.82 Å². The van der Waals surface area contributed by atoms with Crippen LogP contribution in [-0.4, -0.2) is 57.1 Å². The number of methoxy groups -OCH3 is 1. The van der Waals surface area contributed by atoms with Crippen molar-refractivity contribution in [2.24, 2.45) is 0 Å². The largest absolute Gasteiger partial charge is 0.497 e. The Balaban J connectivity index is 1.30. The smallest absolute Gasteiger partial charge is 0.253 e. The summed E-state index contributed by atoms with van der Waals surface area (Å²) >= 11 is 0. The molecule has 0 unspecified atom stereocenters. The molecule has 1 aliphatic rings. The normalized spacial score (nSPS) is 14.7. The van der Waals surface area contributed by atoms with E-state index in [4.69, 9.17) is 9.47 Å². The van der Waals surface area contributed by atoms with E-state index in [0.29, 0.717) is 30.4 Å². The molecule has 1 aliphatic heterocycles. The molecule has 1 aromatic carbocycles. The first-order chi connectivity index (χ1) is 13.7. The molecule has 3 heterocycles. The minimum atomic E-state index is 0.0183. The summed E-state index contributed by atoms with van der Waals surface area (Å²) in [6.07, 6.45) is 5.02. The summed E-state index contributed by atoms with van der Waals surface area (Å²) in [6, 6.07) is 12.6. The Morgan fingerprint density at radius 3 is 2.46 bits per heavy atom. The number of amides is 1. The highest BCUT2D eigenvalue weighted by Gasteiger charge is 2.25. The molecule has 0 N–H and O–H groups in total. The van der Waals surface area contributed by atoms with Crippen molar-refractivity contribution in [1.29, 1.82) is 0 Å². The predicted octanol–water partition coefficient (Wildman–Crippen LogP) is 2.35. The number of carbonyl (C=O) groups is 1. The standard InChI is InChI=1S/C20H21N5O3/c1-27-16-5-3-15(4-6-16)20(26)24-13-9-17(10-14-24)28-19-8-7-18(22-23-19)25-12-2-11-21-25/h2-8,11-12,17H,9-10,13-14H2,1H3. The van der Waals surface area contributed by atoms with Crippen molar-refractivity contribution < 1.29 is 14.3 Å². The molecule has 8 heteroatoms. The molecule has 1 fully saturated rings. The Hall–Kier alpha value is -3.42. The van der Waals surface area contributed by atoms with Gasteiger partial charge in [-0.25, -0.2) is 4.68 Å². The Kier molecular flexibility index (Phi) is 5.18. The van der Waals surface area contributed by atoms with Crippen LogP contribution in [0.2, 0.25) is 0 Å². The average molecular weight is 379 g/mol. The van der Waals surface area contributed by atoms with E-state index in [1.807, 2.05) is 17.0 Å². The fourth-order valence-corrected chi connectivity index (χ4v) is 3.17. The van der Waals surface area contributed by atoms with Crippen molar-refractivity contribution in [3.63, 3.8) is 0 Å². The summed E-state index contributed by atoms with van der Waals surface area (Å²) in [5, 5.41) is 12.4. The van der Waals surface area contributed by atoms with Gasteiger partial charge in [0.25, 0.3) is 5.91 Å². The van der Waals surface area contributed by atoms with Crippen LogP contribution in [0, 0.1) is 0 Å². The first-order valence-corrected chi connectivity index (χ1v) is 9.16. The molecule has 0 atom stereocenters. The van der Waals surface area contributed by atoms with E-state index in [1.165, 1.54) is 0 Å². The molecule has 0 bridgehead atoms. The fraction of sp³-hybridized carbons (Fsp3) is 0.300. The molecule has 28 heavy (non-hydrogen) atoms. The van der Waals surface area contributed by atoms with Crippen LogP contribution in [-0.2, 0) is 0 Å². The Morgan fingerprint density at radius 2 is 1.86 bits per heavy atom. The minimum Gasteiger partial charge on any atom is -0.497 e. The van der Waals surface area contributed by atoms with Gasteiger partial charge in [0.05, 0.1) is 7.11 Å². The predicted molar refractivity (Wildman–Crippen MR) is 102 cm³/mol. The first-order valence-electron chi connectivity index (χ1n) is 9.16. The highest BCUT2D eigenvalue weighted by atomic mass is 16.5. The molecular formula is C20H21N5O3. The number of carbonyl (C=O) groups excluding carboxylic acids is 1. The van der Waals surface area contributed by atoms with E-state index in [2.05, 4.69) is 15.3 Å². The van der Waals surface area contributed by atoms with Gasteiger partial charge in [-0.05, 0) is 36.4 Å². The lowest BCUT2D eigenvalue weighted by Gasteiger charge is -2.32. The number of hydrogen-bond acceptors (Lipinski definition) is 6. The molecular weight excluding hydrogens is 358 g/mol. The third-order valence-corrected chi connectivity index (χ3v) is 4.72. The molecule has 4 rings (SSSR count). The topological polar surface area (TPSA) is 82.4 Å². The van der Waals surface area contributed by atoms with Crippen molar-refractivity contribution in [3.8, 4) is 17.4 Å². The third-order valence-electron chi connectivity index (χ3n) is 4.72. The Bertz CT molecular complexity index is 902. The first kappa shape index (κ1) is 18.0. The van der Waals surface area contributed by atoms with E-state index in [-0.39, 0.29) is 12.0 Å². The van der Waals surface area contributed by atoms with Gasteiger partial charge in [0.2, 0.25) is 5.88 Å². The van der Waals surface area contributed by atoms with Gasteiger partial charge in [0.1, 0.15) is 11.9 Å². The number of piperidine rings is 1. The molecule has 2 aromatic heterocycles. The van der Waals surface area contributed by atoms with Gasteiger partial charge >= 0.3 is 0 Å². The number of nitrogens with zero attached hydrogens (tertiary/aromatic N) is 5. The summed E-state index contributed by atoms with van der Waals surface area (Å²) < 4.78 is 12.7. The summed E-state index contributed by atoms with van der Waals surface area (Å²) in [7, 11) is 1.61. The van der Waals surface area contributed by atoms with Crippen molar-refractivity contribution in [2.75, 3.05) is 20.2 Å². The minimum absolute atomic E-state index is 0.0183.